The van der Waals surface area contributed by atoms with Crippen LogP contribution in [0.15, 0.2) is 48.5 Å². The SMILES string of the molecule is CC(C)C(NCc1ccc(-c2ccccc2-c2nn[nH]n2)cc1)C(=O)O.Cl. The zero-order valence-corrected chi connectivity index (χ0v) is 15.9. The highest BCUT2D eigenvalue weighted by Gasteiger charge is 2.20. The number of hydrogen-bond donors (Lipinski definition) is 3. The second kappa shape index (κ2) is 9.25. The lowest BCUT2D eigenvalue weighted by Crippen LogP contribution is -2.40. The van der Waals surface area contributed by atoms with Crippen LogP contribution in [0.2, 0.25) is 0 Å². The number of H-pyrrole nitrogens is 1. The smallest absolute Gasteiger partial charge is 0.320 e. The van der Waals surface area contributed by atoms with Gasteiger partial charge in [0.1, 0.15) is 6.04 Å². The minimum absolute atomic E-state index is 0. The molecule has 3 N–H and O–H groups in total. The Morgan fingerprint density at radius 3 is 2.33 bits per heavy atom. The molecule has 0 saturated carbocycles. The lowest BCUT2D eigenvalue weighted by Gasteiger charge is -2.18. The Bertz CT molecular complexity index is 866. The molecular formula is C19H22ClN5O2. The summed E-state index contributed by atoms with van der Waals surface area (Å²) in [6.45, 7) is 4.29. The summed E-state index contributed by atoms with van der Waals surface area (Å²) in [5, 5.41) is 26.6. The van der Waals surface area contributed by atoms with Crippen molar-refractivity contribution < 1.29 is 9.90 Å². The van der Waals surface area contributed by atoms with Gasteiger partial charge < -0.3 is 10.4 Å². The first-order valence-electron chi connectivity index (χ1n) is 8.44. The maximum Gasteiger partial charge on any atom is 0.320 e. The van der Waals surface area contributed by atoms with Crippen LogP contribution in [0.5, 0.6) is 0 Å². The Labute approximate surface area is 163 Å². The van der Waals surface area contributed by atoms with Crippen molar-refractivity contribution in [3.05, 3.63) is 54.1 Å². The van der Waals surface area contributed by atoms with Crippen molar-refractivity contribution in [3.8, 4) is 22.5 Å². The first kappa shape index (κ1) is 20.5. The van der Waals surface area contributed by atoms with Gasteiger partial charge in [0.25, 0.3) is 0 Å². The fourth-order valence-electron chi connectivity index (χ4n) is 2.84. The number of aliphatic carboxylic acids is 1. The van der Waals surface area contributed by atoms with Gasteiger partial charge >= 0.3 is 5.97 Å². The van der Waals surface area contributed by atoms with Gasteiger partial charge in [0.2, 0.25) is 5.82 Å². The average molecular weight is 388 g/mol. The first-order chi connectivity index (χ1) is 12.6. The molecule has 0 radical (unpaired) electrons. The second-order valence-corrected chi connectivity index (χ2v) is 6.42. The van der Waals surface area contributed by atoms with Crippen molar-refractivity contribution in [2.75, 3.05) is 0 Å². The van der Waals surface area contributed by atoms with Gasteiger partial charge in [0.05, 0.1) is 0 Å². The molecule has 0 spiro atoms. The minimum atomic E-state index is -0.828. The average Bonchev–Trinajstić information content (AvgIpc) is 3.16. The van der Waals surface area contributed by atoms with Gasteiger partial charge in [-0.3, -0.25) is 4.79 Å². The van der Waals surface area contributed by atoms with E-state index in [2.05, 4.69) is 25.9 Å². The standard InChI is InChI=1S/C19H21N5O2.ClH/c1-12(2)17(19(25)26)20-11-13-7-9-14(10-8-13)15-5-3-4-6-16(15)18-21-23-24-22-18;/h3-10,12,17,20H,11H2,1-2H3,(H,25,26)(H,21,22,23,24);1H. The summed E-state index contributed by atoms with van der Waals surface area (Å²) in [4.78, 5) is 11.3. The van der Waals surface area contributed by atoms with Crippen LogP contribution in [-0.2, 0) is 11.3 Å². The Kier molecular flexibility index (Phi) is 7.04. The quantitative estimate of drug-likeness (QED) is 0.575. The lowest BCUT2D eigenvalue weighted by atomic mass is 9.98. The Morgan fingerprint density at radius 2 is 1.78 bits per heavy atom. The predicted molar refractivity (Wildman–Crippen MR) is 105 cm³/mol. The normalized spacial score (nSPS) is 11.8. The minimum Gasteiger partial charge on any atom is -0.480 e. The van der Waals surface area contributed by atoms with Crippen LogP contribution in [-0.4, -0.2) is 37.7 Å². The number of halogens is 1. The van der Waals surface area contributed by atoms with Gasteiger partial charge in [0.15, 0.2) is 0 Å². The van der Waals surface area contributed by atoms with E-state index in [1.54, 1.807) is 0 Å². The predicted octanol–water partition coefficient (Wildman–Crippen LogP) is 3.15. The number of aromatic nitrogens is 4. The molecule has 0 amide bonds. The molecule has 7 nitrogen and oxygen atoms in total. The maximum absolute atomic E-state index is 11.3. The van der Waals surface area contributed by atoms with Gasteiger partial charge in [-0.25, -0.2) is 0 Å². The molecule has 0 saturated heterocycles. The summed E-state index contributed by atoms with van der Waals surface area (Å²) in [6.07, 6.45) is 0. The van der Waals surface area contributed by atoms with E-state index in [0.717, 1.165) is 22.3 Å². The summed E-state index contributed by atoms with van der Waals surface area (Å²) in [6, 6.07) is 15.3. The number of rotatable bonds is 7. The van der Waals surface area contributed by atoms with Crippen LogP contribution in [0.3, 0.4) is 0 Å². The zero-order valence-electron chi connectivity index (χ0n) is 15.1. The lowest BCUT2D eigenvalue weighted by molar-refractivity contribution is -0.140. The number of carboxylic acid groups (broad SMARTS) is 1. The Balaban J connectivity index is 0.00000261. The van der Waals surface area contributed by atoms with Gasteiger partial charge in [-0.1, -0.05) is 62.4 Å². The molecule has 3 aromatic rings. The highest BCUT2D eigenvalue weighted by Crippen LogP contribution is 2.29. The molecule has 3 rings (SSSR count). The van der Waals surface area contributed by atoms with E-state index in [1.165, 1.54) is 0 Å². The molecule has 0 fully saturated rings. The molecule has 0 bridgehead atoms. The monoisotopic (exact) mass is 387 g/mol. The summed E-state index contributed by atoms with van der Waals surface area (Å²) in [5.74, 6) is -0.258. The molecule has 2 aromatic carbocycles. The largest absolute Gasteiger partial charge is 0.480 e. The van der Waals surface area contributed by atoms with Crippen molar-refractivity contribution in [1.82, 2.24) is 25.9 Å². The van der Waals surface area contributed by atoms with E-state index in [-0.39, 0.29) is 18.3 Å². The second-order valence-electron chi connectivity index (χ2n) is 6.42. The topological polar surface area (TPSA) is 104 Å². The van der Waals surface area contributed by atoms with Gasteiger partial charge in [-0.2, -0.15) is 5.21 Å². The van der Waals surface area contributed by atoms with E-state index < -0.39 is 12.0 Å². The number of tetrazole rings is 1. The van der Waals surface area contributed by atoms with Crippen molar-refractivity contribution in [2.24, 2.45) is 5.92 Å². The molecule has 142 valence electrons. The summed E-state index contributed by atoms with van der Waals surface area (Å²) in [5.41, 5.74) is 3.97. The van der Waals surface area contributed by atoms with E-state index in [9.17, 15) is 9.90 Å². The number of hydrogen-bond acceptors (Lipinski definition) is 5. The van der Waals surface area contributed by atoms with E-state index in [1.807, 2.05) is 62.4 Å². The van der Waals surface area contributed by atoms with Crippen LogP contribution in [0, 0.1) is 5.92 Å². The molecular weight excluding hydrogens is 366 g/mol. The van der Waals surface area contributed by atoms with E-state index in [4.69, 9.17) is 0 Å². The van der Waals surface area contributed by atoms with Gasteiger partial charge in [0, 0.05) is 12.1 Å². The molecule has 1 heterocycles. The number of carbonyl (C=O) groups is 1. The molecule has 0 aliphatic rings. The molecule has 0 aliphatic carbocycles. The molecule has 8 heteroatoms. The van der Waals surface area contributed by atoms with Crippen LogP contribution >= 0.6 is 12.4 Å². The fourth-order valence-corrected chi connectivity index (χ4v) is 2.84. The van der Waals surface area contributed by atoms with Crippen LogP contribution in [0.25, 0.3) is 22.5 Å². The third kappa shape index (κ3) is 4.90. The van der Waals surface area contributed by atoms with Crippen molar-refractivity contribution in [3.63, 3.8) is 0 Å². The third-order valence-corrected chi connectivity index (χ3v) is 4.24. The summed E-state index contributed by atoms with van der Waals surface area (Å²) < 4.78 is 0. The number of benzene rings is 2. The van der Waals surface area contributed by atoms with Gasteiger partial charge in [-0.05, 0) is 27.8 Å². The summed E-state index contributed by atoms with van der Waals surface area (Å²) in [7, 11) is 0. The van der Waals surface area contributed by atoms with Crippen LogP contribution in [0.1, 0.15) is 19.4 Å². The van der Waals surface area contributed by atoms with Crippen LogP contribution in [0.4, 0.5) is 0 Å². The van der Waals surface area contributed by atoms with Crippen LogP contribution < -0.4 is 5.32 Å². The Morgan fingerprint density at radius 1 is 1.11 bits per heavy atom. The molecule has 1 aromatic heterocycles. The summed E-state index contributed by atoms with van der Waals surface area (Å²) >= 11 is 0. The molecule has 1 atom stereocenters. The zero-order chi connectivity index (χ0) is 18.5. The number of nitrogens with zero attached hydrogens (tertiary/aromatic N) is 3. The van der Waals surface area contributed by atoms with Crippen molar-refractivity contribution >= 4 is 18.4 Å². The van der Waals surface area contributed by atoms with Gasteiger partial charge in [-0.15, -0.1) is 22.6 Å². The first-order valence-corrected chi connectivity index (χ1v) is 8.44. The highest BCUT2D eigenvalue weighted by molar-refractivity contribution is 5.85. The van der Waals surface area contributed by atoms with E-state index >= 15 is 0 Å². The Hall–Kier alpha value is -2.77. The number of nitrogens with one attached hydrogen (secondary N) is 2. The van der Waals surface area contributed by atoms with Crippen molar-refractivity contribution in [2.45, 2.75) is 26.4 Å². The third-order valence-electron chi connectivity index (χ3n) is 4.24. The molecule has 1 unspecified atom stereocenters. The highest BCUT2D eigenvalue weighted by atomic mass is 35.5. The molecule has 0 aliphatic heterocycles. The fraction of sp³-hybridized carbons (Fsp3) is 0.263. The number of carboxylic acids is 1. The van der Waals surface area contributed by atoms with E-state index in [0.29, 0.717) is 12.4 Å². The molecule has 27 heavy (non-hydrogen) atoms. The number of aromatic amines is 1. The van der Waals surface area contributed by atoms with Crippen molar-refractivity contribution in [1.29, 1.82) is 0 Å². The maximum atomic E-state index is 11.3.